The van der Waals surface area contributed by atoms with Gasteiger partial charge in [-0.1, -0.05) is 0 Å². The monoisotopic (exact) mass is 289 g/mol. The lowest BCUT2D eigenvalue weighted by Gasteiger charge is -2.23. The van der Waals surface area contributed by atoms with E-state index in [9.17, 15) is 22.0 Å². The number of amides is 1. The van der Waals surface area contributed by atoms with E-state index in [0.717, 1.165) is 12.1 Å². The highest BCUT2D eigenvalue weighted by Crippen LogP contribution is 2.23. The normalized spacial score (nSPS) is 25.2. The topological polar surface area (TPSA) is 63.2 Å². The third-order valence-electron chi connectivity index (χ3n) is 3.04. The molecule has 1 N–H and O–H groups in total. The molecule has 1 saturated heterocycles. The van der Waals surface area contributed by atoms with Crippen LogP contribution in [0.3, 0.4) is 0 Å². The average molecular weight is 289 g/mol. The molecule has 0 aliphatic carbocycles. The zero-order valence-corrected chi connectivity index (χ0v) is 11.1. The van der Waals surface area contributed by atoms with Crippen molar-refractivity contribution in [2.24, 2.45) is 0 Å². The second-order valence-corrected chi connectivity index (χ2v) is 7.20. The summed E-state index contributed by atoms with van der Waals surface area (Å²) in [5.41, 5.74) is -1.05. The van der Waals surface area contributed by atoms with Crippen molar-refractivity contribution in [3.8, 4) is 0 Å². The summed E-state index contributed by atoms with van der Waals surface area (Å²) in [5, 5.41) is 2.53. The number of hydrogen-bond acceptors (Lipinski definition) is 3. The number of hydrogen-bond donors (Lipinski definition) is 1. The number of rotatable bonds is 2. The van der Waals surface area contributed by atoms with Crippen molar-refractivity contribution in [3.05, 3.63) is 35.4 Å². The Kier molecular flexibility index (Phi) is 3.34. The van der Waals surface area contributed by atoms with E-state index < -0.39 is 32.9 Å². The van der Waals surface area contributed by atoms with Crippen molar-refractivity contribution in [1.82, 2.24) is 5.32 Å². The first-order chi connectivity index (χ1) is 8.69. The molecule has 1 aromatic rings. The molecule has 0 bridgehead atoms. The number of sulfone groups is 1. The maximum absolute atomic E-state index is 13.0. The minimum Gasteiger partial charge on any atom is -0.346 e. The highest BCUT2D eigenvalue weighted by atomic mass is 32.2. The van der Waals surface area contributed by atoms with Crippen LogP contribution in [0.4, 0.5) is 8.78 Å². The van der Waals surface area contributed by atoms with Gasteiger partial charge in [0.15, 0.2) is 9.84 Å². The summed E-state index contributed by atoms with van der Waals surface area (Å²) in [6.07, 6.45) is 0.291. The predicted molar refractivity (Wildman–Crippen MR) is 65.5 cm³/mol. The third-order valence-corrected chi connectivity index (χ3v) is 4.95. The van der Waals surface area contributed by atoms with Gasteiger partial charge in [-0.25, -0.2) is 17.2 Å². The number of carbonyl (C=O) groups excluding carboxylic acids is 1. The van der Waals surface area contributed by atoms with E-state index in [2.05, 4.69) is 5.32 Å². The lowest BCUT2D eigenvalue weighted by atomic mass is 10.0. The van der Waals surface area contributed by atoms with Crippen molar-refractivity contribution in [2.45, 2.75) is 18.9 Å². The van der Waals surface area contributed by atoms with E-state index in [4.69, 9.17) is 0 Å². The van der Waals surface area contributed by atoms with Crippen LogP contribution in [-0.2, 0) is 9.84 Å². The molecule has 2 rings (SSSR count). The minimum absolute atomic E-state index is 0.00128. The summed E-state index contributed by atoms with van der Waals surface area (Å²) in [5.74, 6) is -2.55. The second kappa shape index (κ2) is 4.56. The van der Waals surface area contributed by atoms with Gasteiger partial charge < -0.3 is 5.32 Å². The summed E-state index contributed by atoms with van der Waals surface area (Å²) in [6.45, 7) is 1.60. The Labute approximate surface area is 109 Å². The molecular formula is C12H13F2NO3S. The quantitative estimate of drug-likeness (QED) is 0.892. The van der Waals surface area contributed by atoms with Gasteiger partial charge in [0, 0.05) is 11.6 Å². The van der Waals surface area contributed by atoms with Gasteiger partial charge in [-0.05, 0) is 25.5 Å². The number of halogens is 2. The summed E-state index contributed by atoms with van der Waals surface area (Å²) in [6, 6.07) is 2.48. The Morgan fingerprint density at radius 1 is 1.26 bits per heavy atom. The molecule has 1 aliphatic rings. The molecule has 1 fully saturated rings. The molecule has 19 heavy (non-hydrogen) atoms. The fraction of sp³-hybridized carbons (Fsp3) is 0.417. The number of benzene rings is 1. The molecule has 1 atom stereocenters. The van der Waals surface area contributed by atoms with E-state index in [-0.39, 0.29) is 17.1 Å². The van der Waals surface area contributed by atoms with Crippen LogP contribution in [0.1, 0.15) is 23.7 Å². The zero-order valence-electron chi connectivity index (χ0n) is 10.2. The van der Waals surface area contributed by atoms with Gasteiger partial charge in [-0.3, -0.25) is 4.79 Å². The van der Waals surface area contributed by atoms with Gasteiger partial charge in [0.1, 0.15) is 11.6 Å². The molecule has 0 spiro atoms. The Bertz CT molecular complexity index is 610. The molecule has 7 heteroatoms. The minimum atomic E-state index is -3.16. The molecule has 0 radical (unpaired) electrons. The lowest BCUT2D eigenvalue weighted by Crippen LogP contribution is -2.46. The van der Waals surface area contributed by atoms with Gasteiger partial charge >= 0.3 is 0 Å². The highest BCUT2D eigenvalue weighted by molar-refractivity contribution is 7.91. The molecule has 1 aromatic carbocycles. The average Bonchev–Trinajstić information content (AvgIpc) is 2.51. The predicted octanol–water partition coefficient (Wildman–Crippen LogP) is 1.27. The summed E-state index contributed by atoms with van der Waals surface area (Å²) in [4.78, 5) is 11.9. The standard InChI is InChI=1S/C12H13F2NO3S/c1-12(2-3-19(17,18)7-12)15-11(16)8-4-9(13)6-10(14)5-8/h4-6H,2-3,7H2,1H3,(H,15,16)/t12-/m0/s1. The van der Waals surface area contributed by atoms with E-state index in [1.54, 1.807) is 6.92 Å². The maximum Gasteiger partial charge on any atom is 0.251 e. The summed E-state index contributed by atoms with van der Waals surface area (Å²) < 4.78 is 48.8. The van der Waals surface area contributed by atoms with Gasteiger partial charge in [0.05, 0.1) is 17.0 Å². The van der Waals surface area contributed by atoms with Crippen LogP contribution in [0.25, 0.3) is 0 Å². The fourth-order valence-electron chi connectivity index (χ4n) is 2.14. The number of nitrogens with one attached hydrogen (secondary N) is 1. The van der Waals surface area contributed by atoms with Crippen molar-refractivity contribution >= 4 is 15.7 Å². The van der Waals surface area contributed by atoms with Crippen LogP contribution >= 0.6 is 0 Å². The van der Waals surface area contributed by atoms with Crippen LogP contribution < -0.4 is 5.32 Å². The molecule has 4 nitrogen and oxygen atoms in total. The van der Waals surface area contributed by atoms with Crippen LogP contribution in [0.15, 0.2) is 18.2 Å². The van der Waals surface area contributed by atoms with E-state index in [0.29, 0.717) is 12.5 Å². The molecule has 1 aliphatic heterocycles. The first-order valence-corrected chi connectivity index (χ1v) is 7.50. The molecule has 0 unspecified atom stereocenters. The van der Waals surface area contributed by atoms with Gasteiger partial charge in [0.25, 0.3) is 5.91 Å². The van der Waals surface area contributed by atoms with Crippen molar-refractivity contribution < 1.29 is 22.0 Å². The fourth-order valence-corrected chi connectivity index (χ4v) is 4.23. The molecule has 104 valence electrons. The second-order valence-electron chi connectivity index (χ2n) is 5.01. The summed E-state index contributed by atoms with van der Waals surface area (Å²) in [7, 11) is -3.16. The van der Waals surface area contributed by atoms with Gasteiger partial charge in [-0.15, -0.1) is 0 Å². The first-order valence-electron chi connectivity index (χ1n) is 5.68. The van der Waals surface area contributed by atoms with Crippen molar-refractivity contribution in [1.29, 1.82) is 0 Å². The Morgan fingerprint density at radius 2 is 1.84 bits per heavy atom. The molecule has 1 amide bonds. The van der Waals surface area contributed by atoms with Crippen LogP contribution in [0.5, 0.6) is 0 Å². The molecule has 0 aromatic heterocycles. The van der Waals surface area contributed by atoms with Gasteiger partial charge in [0.2, 0.25) is 0 Å². The lowest BCUT2D eigenvalue weighted by molar-refractivity contribution is 0.0914. The zero-order chi connectivity index (χ0) is 14.3. The van der Waals surface area contributed by atoms with Crippen molar-refractivity contribution in [2.75, 3.05) is 11.5 Å². The summed E-state index contributed by atoms with van der Waals surface area (Å²) >= 11 is 0. The Morgan fingerprint density at radius 3 is 2.32 bits per heavy atom. The smallest absolute Gasteiger partial charge is 0.251 e. The Balaban J connectivity index is 2.18. The number of carbonyl (C=O) groups is 1. The Hall–Kier alpha value is -1.50. The third kappa shape index (κ3) is 3.28. The van der Waals surface area contributed by atoms with E-state index >= 15 is 0 Å². The molecule has 0 saturated carbocycles. The van der Waals surface area contributed by atoms with Crippen LogP contribution in [-0.4, -0.2) is 31.4 Å². The van der Waals surface area contributed by atoms with Crippen LogP contribution in [0, 0.1) is 11.6 Å². The van der Waals surface area contributed by atoms with Gasteiger partial charge in [-0.2, -0.15) is 0 Å². The largest absolute Gasteiger partial charge is 0.346 e. The van der Waals surface area contributed by atoms with Crippen molar-refractivity contribution in [3.63, 3.8) is 0 Å². The molecule has 1 heterocycles. The van der Waals surface area contributed by atoms with E-state index in [1.807, 2.05) is 0 Å². The highest BCUT2D eigenvalue weighted by Gasteiger charge is 2.39. The molecular weight excluding hydrogens is 276 g/mol. The van der Waals surface area contributed by atoms with E-state index in [1.165, 1.54) is 0 Å². The van der Waals surface area contributed by atoms with Crippen LogP contribution in [0.2, 0.25) is 0 Å². The first kappa shape index (κ1) is 13.9. The maximum atomic E-state index is 13.0. The SMILES string of the molecule is C[C@]1(NC(=O)c2cc(F)cc(F)c2)CCS(=O)(=O)C1.